The molecule has 180 valence electrons. The maximum absolute atomic E-state index is 13.6. The van der Waals surface area contributed by atoms with Crippen molar-refractivity contribution in [2.45, 2.75) is 82.3 Å². The fourth-order valence-electron chi connectivity index (χ4n) is 4.83. The second-order valence-electron chi connectivity index (χ2n) is 9.60. The van der Waals surface area contributed by atoms with Gasteiger partial charge in [0.2, 0.25) is 15.0 Å². The first-order chi connectivity index (χ1) is 15.9. The maximum Gasteiger partial charge on any atom is 0.228 e. The van der Waals surface area contributed by atoms with Gasteiger partial charge in [0, 0.05) is 19.1 Å². The average molecular weight is 489 g/mol. The highest BCUT2D eigenvalue weighted by Crippen LogP contribution is 2.34. The topological polar surface area (TPSA) is 67.2 Å². The zero-order valence-corrected chi connectivity index (χ0v) is 21.4. The summed E-state index contributed by atoms with van der Waals surface area (Å²) in [6, 6.07) is 7.90. The highest BCUT2D eigenvalue weighted by Gasteiger charge is 2.31. The van der Waals surface area contributed by atoms with Crippen LogP contribution in [0.5, 0.6) is 0 Å². The van der Waals surface area contributed by atoms with Gasteiger partial charge in [0.1, 0.15) is 0 Å². The zero-order valence-electron chi connectivity index (χ0n) is 19.8. The molecule has 0 aliphatic heterocycles. The third kappa shape index (κ3) is 6.15. The molecule has 33 heavy (non-hydrogen) atoms. The quantitative estimate of drug-likeness (QED) is 0.513. The lowest BCUT2D eigenvalue weighted by molar-refractivity contribution is 0.309. The van der Waals surface area contributed by atoms with E-state index in [1.807, 2.05) is 42.7 Å². The number of rotatable bonds is 9. The molecule has 2 aliphatic rings. The van der Waals surface area contributed by atoms with Gasteiger partial charge in [0.25, 0.3) is 0 Å². The van der Waals surface area contributed by atoms with Crippen LogP contribution in [0.25, 0.3) is 0 Å². The van der Waals surface area contributed by atoms with Crippen LogP contribution in [0.2, 0.25) is 0 Å². The van der Waals surface area contributed by atoms with Crippen LogP contribution in [-0.4, -0.2) is 41.1 Å². The summed E-state index contributed by atoms with van der Waals surface area (Å²) in [5.74, 6) is 0.650. The van der Waals surface area contributed by atoms with Crippen LogP contribution >= 0.6 is 12.2 Å². The van der Waals surface area contributed by atoms with Gasteiger partial charge in [-0.15, -0.1) is 0 Å². The minimum atomic E-state index is -3.58. The van der Waals surface area contributed by atoms with Crippen LogP contribution in [0.15, 0.2) is 35.6 Å². The Morgan fingerprint density at radius 1 is 1.21 bits per heavy atom. The van der Waals surface area contributed by atoms with Crippen molar-refractivity contribution in [1.29, 1.82) is 0 Å². The van der Waals surface area contributed by atoms with E-state index in [1.54, 1.807) is 6.20 Å². The van der Waals surface area contributed by atoms with Crippen LogP contribution in [0.3, 0.4) is 0 Å². The summed E-state index contributed by atoms with van der Waals surface area (Å²) in [6.45, 7) is 6.31. The summed E-state index contributed by atoms with van der Waals surface area (Å²) in [7, 11) is -3.58. The van der Waals surface area contributed by atoms with Gasteiger partial charge >= 0.3 is 0 Å². The van der Waals surface area contributed by atoms with Crippen molar-refractivity contribution >= 4 is 27.2 Å². The van der Waals surface area contributed by atoms with E-state index in [9.17, 15) is 8.42 Å². The number of imidazole rings is 1. The molecule has 1 aromatic heterocycles. The van der Waals surface area contributed by atoms with Gasteiger partial charge < -0.3 is 14.8 Å². The summed E-state index contributed by atoms with van der Waals surface area (Å²) >= 11 is 5.67. The molecular formula is C25H36N4O2S2. The standard InChI is InChI=1S/C25H36N4O2S2/c1-3-26-24(32)28(16-20-12-13-20)17-23-15-27-25(29(23)22-10-5-4-6-11-22)33(30,31)18-21-9-7-8-19(2)14-21/h7-9,14-15,20,22H,3-6,10-13,16-18H2,1-2H3,(H,26,32). The first kappa shape index (κ1) is 24.2. The first-order valence-electron chi connectivity index (χ1n) is 12.2. The Bertz CT molecular complexity index is 1070. The van der Waals surface area contributed by atoms with E-state index in [-0.39, 0.29) is 17.0 Å². The van der Waals surface area contributed by atoms with Crippen LogP contribution in [-0.2, 0) is 22.1 Å². The molecule has 0 amide bonds. The van der Waals surface area contributed by atoms with Gasteiger partial charge in [-0.3, -0.25) is 0 Å². The van der Waals surface area contributed by atoms with E-state index in [0.29, 0.717) is 12.5 Å². The van der Waals surface area contributed by atoms with Crippen molar-refractivity contribution in [1.82, 2.24) is 19.8 Å². The number of sulfone groups is 1. The minimum absolute atomic E-state index is 0.0283. The molecular weight excluding hydrogens is 452 g/mol. The molecule has 1 aromatic carbocycles. The van der Waals surface area contributed by atoms with E-state index in [0.717, 1.165) is 60.7 Å². The summed E-state index contributed by atoms with van der Waals surface area (Å²) < 4.78 is 29.2. The molecule has 0 spiro atoms. The molecule has 2 saturated carbocycles. The third-order valence-corrected chi connectivity index (χ3v) is 8.61. The molecule has 0 unspecified atom stereocenters. The molecule has 0 atom stereocenters. The fraction of sp³-hybridized carbons (Fsp3) is 0.600. The van der Waals surface area contributed by atoms with Crippen molar-refractivity contribution < 1.29 is 8.42 Å². The van der Waals surface area contributed by atoms with E-state index >= 15 is 0 Å². The number of hydrogen-bond acceptors (Lipinski definition) is 4. The first-order valence-corrected chi connectivity index (χ1v) is 14.3. The number of thiocarbonyl (C=S) groups is 1. The fourth-order valence-corrected chi connectivity index (χ4v) is 6.64. The van der Waals surface area contributed by atoms with Gasteiger partial charge in [0.15, 0.2) is 5.11 Å². The van der Waals surface area contributed by atoms with E-state index in [4.69, 9.17) is 12.2 Å². The van der Waals surface area contributed by atoms with Crippen molar-refractivity contribution in [2.75, 3.05) is 13.1 Å². The number of nitrogens with zero attached hydrogens (tertiary/aromatic N) is 3. The molecule has 4 rings (SSSR count). The molecule has 0 bridgehead atoms. The molecule has 2 aliphatic carbocycles. The monoisotopic (exact) mass is 488 g/mol. The lowest BCUT2D eigenvalue weighted by Crippen LogP contribution is -2.41. The van der Waals surface area contributed by atoms with Gasteiger partial charge in [-0.2, -0.15) is 0 Å². The number of benzene rings is 1. The second kappa shape index (κ2) is 10.6. The summed E-state index contributed by atoms with van der Waals surface area (Å²) in [4.78, 5) is 6.72. The normalized spacial score (nSPS) is 17.2. The Balaban J connectivity index is 1.66. The van der Waals surface area contributed by atoms with Crippen molar-refractivity contribution in [3.8, 4) is 0 Å². The zero-order chi connectivity index (χ0) is 23.4. The molecule has 2 aromatic rings. The van der Waals surface area contributed by atoms with Crippen molar-refractivity contribution in [3.05, 3.63) is 47.3 Å². The SMILES string of the molecule is CCNC(=S)N(Cc1cnc(S(=O)(=O)Cc2cccc(C)c2)n1C1CCCCC1)CC1CC1. The van der Waals surface area contributed by atoms with E-state index in [2.05, 4.69) is 15.2 Å². The third-order valence-electron chi connectivity index (χ3n) is 6.64. The molecule has 1 N–H and O–H groups in total. The second-order valence-corrected chi connectivity index (χ2v) is 11.9. The Hall–Kier alpha value is -1.93. The van der Waals surface area contributed by atoms with Crippen LogP contribution in [0.4, 0.5) is 0 Å². The van der Waals surface area contributed by atoms with Gasteiger partial charge in [-0.25, -0.2) is 13.4 Å². The number of aromatic nitrogens is 2. The van der Waals surface area contributed by atoms with Crippen LogP contribution in [0, 0.1) is 12.8 Å². The van der Waals surface area contributed by atoms with Gasteiger partial charge in [-0.1, -0.05) is 49.1 Å². The lowest BCUT2D eigenvalue weighted by Gasteiger charge is -2.30. The van der Waals surface area contributed by atoms with Gasteiger partial charge in [-0.05, 0) is 63.2 Å². The highest BCUT2D eigenvalue weighted by molar-refractivity contribution is 7.90. The number of nitrogens with one attached hydrogen (secondary N) is 1. The Labute approximate surface area is 203 Å². The van der Waals surface area contributed by atoms with Crippen LogP contribution < -0.4 is 5.32 Å². The smallest absolute Gasteiger partial charge is 0.228 e. The average Bonchev–Trinajstić information content (AvgIpc) is 3.49. The number of aryl methyl sites for hydroxylation is 1. The molecule has 0 saturated heterocycles. The molecule has 1 heterocycles. The predicted octanol–water partition coefficient (Wildman–Crippen LogP) is 4.78. The van der Waals surface area contributed by atoms with E-state index in [1.165, 1.54) is 19.3 Å². The Morgan fingerprint density at radius 2 is 1.97 bits per heavy atom. The van der Waals surface area contributed by atoms with Crippen molar-refractivity contribution in [3.63, 3.8) is 0 Å². The summed E-state index contributed by atoms with van der Waals surface area (Å²) in [5.41, 5.74) is 2.82. The van der Waals surface area contributed by atoms with Crippen LogP contribution in [0.1, 0.15) is 74.7 Å². The van der Waals surface area contributed by atoms with E-state index < -0.39 is 9.84 Å². The number of hydrogen-bond donors (Lipinski definition) is 1. The Morgan fingerprint density at radius 3 is 2.64 bits per heavy atom. The van der Waals surface area contributed by atoms with Crippen molar-refractivity contribution in [2.24, 2.45) is 5.92 Å². The predicted molar refractivity (Wildman–Crippen MR) is 136 cm³/mol. The lowest BCUT2D eigenvalue weighted by atomic mass is 9.95. The summed E-state index contributed by atoms with van der Waals surface area (Å²) in [6.07, 6.45) is 9.71. The molecule has 0 radical (unpaired) electrons. The maximum atomic E-state index is 13.6. The minimum Gasteiger partial charge on any atom is -0.363 e. The van der Waals surface area contributed by atoms with Gasteiger partial charge in [0.05, 0.1) is 24.2 Å². The molecule has 2 fully saturated rings. The molecule has 8 heteroatoms. The Kier molecular flexibility index (Phi) is 7.74. The largest absolute Gasteiger partial charge is 0.363 e. The summed E-state index contributed by atoms with van der Waals surface area (Å²) in [5, 5.41) is 4.24. The molecule has 6 nitrogen and oxygen atoms in total. The highest BCUT2D eigenvalue weighted by atomic mass is 32.2.